The van der Waals surface area contributed by atoms with Crippen LogP contribution >= 0.6 is 25.3 Å². The molecule has 0 saturated heterocycles. The highest BCUT2D eigenvalue weighted by Gasteiger charge is 2.43. The van der Waals surface area contributed by atoms with Gasteiger partial charge in [-0.1, -0.05) is 0 Å². The van der Waals surface area contributed by atoms with E-state index in [1.807, 2.05) is 0 Å². The van der Waals surface area contributed by atoms with Crippen LogP contribution in [0.3, 0.4) is 0 Å². The van der Waals surface area contributed by atoms with E-state index in [4.69, 9.17) is 4.74 Å². The van der Waals surface area contributed by atoms with Gasteiger partial charge >= 0.3 is 6.18 Å². The number of halogens is 5. The Balaban J connectivity index is 1.89. The van der Waals surface area contributed by atoms with Crippen molar-refractivity contribution in [1.29, 1.82) is 0 Å². The molecule has 0 aliphatic heterocycles. The lowest BCUT2D eigenvalue weighted by Gasteiger charge is -2.28. The smallest absolute Gasteiger partial charge is 0.419 e. The van der Waals surface area contributed by atoms with Gasteiger partial charge in [-0.25, -0.2) is 4.39 Å². The van der Waals surface area contributed by atoms with Crippen molar-refractivity contribution in [2.75, 3.05) is 0 Å². The van der Waals surface area contributed by atoms with Crippen LogP contribution in [-0.2, 0) is 19.0 Å². The Morgan fingerprint density at radius 2 is 1.52 bits per heavy atom. The molecule has 3 aromatic rings. The first-order chi connectivity index (χ1) is 12.7. The van der Waals surface area contributed by atoms with Crippen LogP contribution in [0, 0.1) is 11.6 Å². The van der Waals surface area contributed by atoms with E-state index in [9.17, 15) is 22.0 Å². The first-order valence-electron chi connectivity index (χ1n) is 7.90. The lowest BCUT2D eigenvalue weighted by atomic mass is 9.83. The first-order valence-corrected chi connectivity index (χ1v) is 8.79. The molecule has 0 fully saturated rings. The average molecular weight is 414 g/mol. The molecular formula is C19H11F5OS2. The fourth-order valence-electron chi connectivity index (χ4n) is 3.28. The molecule has 1 nitrogen and oxygen atoms in total. The van der Waals surface area contributed by atoms with Crippen LogP contribution in [-0.4, -0.2) is 0 Å². The minimum atomic E-state index is -4.96. The standard InChI is InChI=1S/C19H11F5OS2/c20-16-15(19(22,23)24)12-3-4-13(12)18(17(16)21)25-14-7-10(27)6-8-5-9(26)1-2-11(8)14/h1-2,5-7,26-27H,3-4H2. The second kappa shape index (κ2) is 6.31. The van der Waals surface area contributed by atoms with Crippen molar-refractivity contribution in [2.45, 2.75) is 28.8 Å². The van der Waals surface area contributed by atoms with E-state index in [-0.39, 0.29) is 29.7 Å². The fourth-order valence-corrected chi connectivity index (χ4v) is 3.75. The van der Waals surface area contributed by atoms with Gasteiger partial charge in [0.2, 0.25) is 5.82 Å². The SMILES string of the molecule is Fc1c(F)c(C(F)(F)F)c2c(c1Oc1cc(S)cc3cc(S)ccc13)CC2. The second-order valence-corrected chi connectivity index (χ2v) is 7.27. The van der Waals surface area contributed by atoms with Crippen molar-refractivity contribution in [3.05, 3.63) is 58.7 Å². The number of thiol groups is 2. The van der Waals surface area contributed by atoms with E-state index in [1.165, 1.54) is 6.07 Å². The molecule has 8 heteroatoms. The zero-order valence-corrected chi connectivity index (χ0v) is 15.3. The number of alkyl halides is 3. The largest absolute Gasteiger partial charge is 0.453 e. The molecule has 1 aliphatic rings. The van der Waals surface area contributed by atoms with Crippen molar-refractivity contribution in [3.63, 3.8) is 0 Å². The van der Waals surface area contributed by atoms with Gasteiger partial charge in [0.1, 0.15) is 5.75 Å². The normalized spacial score (nSPS) is 13.4. The Labute approximate surface area is 162 Å². The third-order valence-electron chi connectivity index (χ3n) is 4.56. The van der Waals surface area contributed by atoms with E-state index in [1.54, 1.807) is 24.3 Å². The van der Waals surface area contributed by atoms with Crippen LogP contribution in [0.5, 0.6) is 11.5 Å². The molecule has 140 valence electrons. The summed E-state index contributed by atoms with van der Waals surface area (Å²) in [4.78, 5) is 1.19. The summed E-state index contributed by atoms with van der Waals surface area (Å²) in [7, 11) is 0. The van der Waals surface area contributed by atoms with Gasteiger partial charge in [0.15, 0.2) is 11.6 Å². The van der Waals surface area contributed by atoms with E-state index in [0.29, 0.717) is 20.6 Å². The van der Waals surface area contributed by atoms with E-state index >= 15 is 0 Å². The van der Waals surface area contributed by atoms with E-state index in [0.717, 1.165) is 0 Å². The monoisotopic (exact) mass is 414 g/mol. The van der Waals surface area contributed by atoms with Crippen LogP contribution in [0.15, 0.2) is 40.1 Å². The molecule has 4 rings (SSSR count). The summed E-state index contributed by atoms with van der Waals surface area (Å²) in [5.41, 5.74) is -1.74. The molecule has 0 unspecified atom stereocenters. The number of hydrogen-bond donors (Lipinski definition) is 2. The molecule has 0 heterocycles. The van der Waals surface area contributed by atoms with Gasteiger partial charge in [-0.05, 0) is 54.1 Å². The predicted octanol–water partition coefficient (Wildman–Crippen LogP) is 6.61. The first kappa shape index (κ1) is 18.4. The maximum atomic E-state index is 14.5. The molecule has 1 aliphatic carbocycles. The Hall–Kier alpha value is -1.93. The van der Waals surface area contributed by atoms with Crippen molar-refractivity contribution in [3.8, 4) is 11.5 Å². The lowest BCUT2D eigenvalue weighted by Crippen LogP contribution is -2.23. The van der Waals surface area contributed by atoms with E-state index in [2.05, 4.69) is 25.3 Å². The Kier molecular flexibility index (Phi) is 4.31. The zero-order chi connectivity index (χ0) is 19.5. The maximum Gasteiger partial charge on any atom is 0.419 e. The van der Waals surface area contributed by atoms with Gasteiger partial charge in [0.25, 0.3) is 0 Å². The average Bonchev–Trinajstić information content (AvgIpc) is 2.53. The molecule has 3 aromatic carbocycles. The molecule has 27 heavy (non-hydrogen) atoms. The van der Waals surface area contributed by atoms with Crippen LogP contribution in [0.25, 0.3) is 10.8 Å². The van der Waals surface area contributed by atoms with Gasteiger partial charge in [-0.2, -0.15) is 17.6 Å². The summed E-state index contributed by atoms with van der Waals surface area (Å²) < 4.78 is 73.6. The summed E-state index contributed by atoms with van der Waals surface area (Å²) in [5.74, 6) is -3.89. The number of fused-ring (bicyclic) bond motifs is 2. The molecule has 0 aromatic heterocycles. The Morgan fingerprint density at radius 1 is 0.852 bits per heavy atom. The third-order valence-corrected chi connectivity index (χ3v) is 5.09. The zero-order valence-electron chi connectivity index (χ0n) is 13.5. The molecule has 0 N–H and O–H groups in total. The Morgan fingerprint density at radius 3 is 2.15 bits per heavy atom. The van der Waals surface area contributed by atoms with Crippen LogP contribution < -0.4 is 4.74 Å². The maximum absolute atomic E-state index is 14.5. The van der Waals surface area contributed by atoms with Gasteiger partial charge in [-0.3, -0.25) is 0 Å². The van der Waals surface area contributed by atoms with Crippen LogP contribution in [0.1, 0.15) is 16.7 Å². The molecule has 0 bridgehead atoms. The molecule has 0 radical (unpaired) electrons. The van der Waals surface area contributed by atoms with Crippen molar-refractivity contribution in [1.82, 2.24) is 0 Å². The lowest BCUT2D eigenvalue weighted by molar-refractivity contribution is -0.141. The summed E-state index contributed by atoms with van der Waals surface area (Å²) >= 11 is 8.52. The van der Waals surface area contributed by atoms with E-state index < -0.39 is 29.1 Å². The Bertz CT molecular complexity index is 1070. The molecular weight excluding hydrogens is 403 g/mol. The third kappa shape index (κ3) is 3.04. The van der Waals surface area contributed by atoms with Crippen molar-refractivity contribution >= 4 is 36.0 Å². The van der Waals surface area contributed by atoms with Crippen LogP contribution in [0.2, 0.25) is 0 Å². The number of hydrogen-bond acceptors (Lipinski definition) is 3. The van der Waals surface area contributed by atoms with Gasteiger partial charge in [0.05, 0.1) is 5.56 Å². The molecule has 0 atom stereocenters. The summed E-state index contributed by atoms with van der Waals surface area (Å²) in [5, 5.41) is 1.29. The molecule has 0 saturated carbocycles. The van der Waals surface area contributed by atoms with Crippen molar-refractivity contribution < 1.29 is 26.7 Å². The quantitative estimate of drug-likeness (QED) is 0.355. The van der Waals surface area contributed by atoms with Crippen LogP contribution in [0.4, 0.5) is 22.0 Å². The highest BCUT2D eigenvalue weighted by Crippen LogP contribution is 2.47. The highest BCUT2D eigenvalue weighted by atomic mass is 32.1. The summed E-state index contributed by atoms with van der Waals surface area (Å²) in [6.07, 6.45) is -4.76. The highest BCUT2D eigenvalue weighted by molar-refractivity contribution is 7.80. The number of benzene rings is 3. The summed E-state index contributed by atoms with van der Waals surface area (Å²) in [6.45, 7) is 0. The second-order valence-electron chi connectivity index (χ2n) is 6.24. The predicted molar refractivity (Wildman–Crippen MR) is 97.3 cm³/mol. The minimum Gasteiger partial charge on any atom is -0.453 e. The van der Waals surface area contributed by atoms with Crippen molar-refractivity contribution in [2.24, 2.45) is 0 Å². The fraction of sp³-hybridized carbons (Fsp3) is 0.158. The molecule has 0 amide bonds. The van der Waals surface area contributed by atoms with Gasteiger partial charge < -0.3 is 4.74 Å². The van der Waals surface area contributed by atoms with Gasteiger partial charge in [0, 0.05) is 20.7 Å². The number of rotatable bonds is 2. The number of ether oxygens (including phenoxy) is 1. The topological polar surface area (TPSA) is 9.23 Å². The molecule has 0 spiro atoms. The minimum absolute atomic E-state index is 0.0219. The summed E-state index contributed by atoms with van der Waals surface area (Å²) in [6, 6.07) is 8.37. The van der Waals surface area contributed by atoms with Gasteiger partial charge in [-0.15, -0.1) is 25.3 Å².